The largest absolute Gasteiger partial charge is 0.351 e. The molecule has 0 amide bonds. The average Bonchev–Trinajstić information content (AvgIpc) is 2.84. The lowest BCUT2D eigenvalue weighted by molar-refractivity contribution is 0.549. The number of halogens is 1. The number of rotatable bonds is 5. The Bertz CT molecular complexity index is 487. The number of aryl methyl sites for hydroxylation is 1. The van der Waals surface area contributed by atoms with E-state index in [9.17, 15) is 0 Å². The van der Waals surface area contributed by atoms with Crippen molar-refractivity contribution in [3.8, 4) is 0 Å². The van der Waals surface area contributed by atoms with Crippen LogP contribution in [0, 0.1) is 0 Å². The highest BCUT2D eigenvalue weighted by atomic mass is 35.5. The number of aromatic nitrogens is 1. The molecule has 0 spiro atoms. The van der Waals surface area contributed by atoms with Crippen LogP contribution in [0.3, 0.4) is 0 Å². The number of hydrogen-bond acceptors (Lipinski definition) is 1. The van der Waals surface area contributed by atoms with Crippen LogP contribution < -0.4 is 5.32 Å². The Balaban J connectivity index is 1.96. The molecule has 1 atom stereocenters. The minimum absolute atomic E-state index is 0.322. The van der Waals surface area contributed by atoms with Crippen molar-refractivity contribution < 1.29 is 0 Å². The fourth-order valence-corrected chi connectivity index (χ4v) is 2.17. The van der Waals surface area contributed by atoms with Crippen LogP contribution in [-0.2, 0) is 13.1 Å². The lowest BCUT2D eigenvalue weighted by Gasteiger charge is -2.15. The van der Waals surface area contributed by atoms with Crippen molar-refractivity contribution in [2.24, 2.45) is 0 Å². The van der Waals surface area contributed by atoms with Gasteiger partial charge < -0.3 is 9.88 Å². The van der Waals surface area contributed by atoms with Gasteiger partial charge in [0.2, 0.25) is 0 Å². The molecule has 3 heteroatoms. The lowest BCUT2D eigenvalue weighted by Crippen LogP contribution is -2.19. The lowest BCUT2D eigenvalue weighted by atomic mass is 10.1. The van der Waals surface area contributed by atoms with Gasteiger partial charge in [0.25, 0.3) is 0 Å². The summed E-state index contributed by atoms with van der Waals surface area (Å²) in [5, 5.41) is 4.31. The molecule has 1 aromatic heterocycles. The van der Waals surface area contributed by atoms with Crippen LogP contribution in [0.1, 0.15) is 31.1 Å². The van der Waals surface area contributed by atoms with Crippen molar-refractivity contribution in [2.75, 3.05) is 0 Å². The number of nitrogens with zero attached hydrogens (tertiary/aromatic N) is 1. The number of hydrogen-bond donors (Lipinski definition) is 1. The standard InChI is InChI=1S/C15H19ClN2/c1-3-18-10-4-5-15(18)11-17-12(2)13-6-8-14(16)9-7-13/h4-10,12,17H,3,11H2,1-2H3/t12-/m1/s1. The predicted octanol–water partition coefficient (Wildman–Crippen LogP) is 4.01. The molecule has 1 aromatic carbocycles. The monoisotopic (exact) mass is 262 g/mol. The highest BCUT2D eigenvalue weighted by molar-refractivity contribution is 6.30. The van der Waals surface area contributed by atoms with Crippen LogP contribution in [0.25, 0.3) is 0 Å². The molecule has 0 aliphatic rings. The minimum Gasteiger partial charge on any atom is -0.351 e. The summed E-state index contributed by atoms with van der Waals surface area (Å²) in [4.78, 5) is 0. The van der Waals surface area contributed by atoms with Gasteiger partial charge in [-0.2, -0.15) is 0 Å². The molecular formula is C15H19ClN2. The van der Waals surface area contributed by atoms with E-state index in [1.807, 2.05) is 12.1 Å². The topological polar surface area (TPSA) is 17.0 Å². The van der Waals surface area contributed by atoms with Crippen molar-refractivity contribution in [1.82, 2.24) is 9.88 Å². The third kappa shape index (κ3) is 3.15. The molecule has 0 unspecified atom stereocenters. The summed E-state index contributed by atoms with van der Waals surface area (Å²) < 4.78 is 2.25. The Hall–Kier alpha value is -1.25. The summed E-state index contributed by atoms with van der Waals surface area (Å²) in [5.74, 6) is 0. The first-order valence-corrected chi connectivity index (χ1v) is 6.71. The first-order valence-electron chi connectivity index (χ1n) is 6.33. The second kappa shape index (κ2) is 6.07. The van der Waals surface area contributed by atoms with E-state index >= 15 is 0 Å². The molecule has 2 nitrogen and oxygen atoms in total. The van der Waals surface area contributed by atoms with Gasteiger partial charge in [0.15, 0.2) is 0 Å². The molecule has 2 aromatic rings. The van der Waals surface area contributed by atoms with Gasteiger partial charge in [-0.1, -0.05) is 23.7 Å². The minimum atomic E-state index is 0.322. The van der Waals surface area contributed by atoms with Crippen LogP contribution in [-0.4, -0.2) is 4.57 Å². The Labute approximate surface area is 114 Å². The summed E-state index contributed by atoms with van der Waals surface area (Å²) in [6.07, 6.45) is 2.12. The fraction of sp³-hybridized carbons (Fsp3) is 0.333. The van der Waals surface area contributed by atoms with Gasteiger partial charge in [-0.3, -0.25) is 0 Å². The Kier molecular flexibility index (Phi) is 4.45. The van der Waals surface area contributed by atoms with Gasteiger partial charge in [0, 0.05) is 36.0 Å². The van der Waals surface area contributed by atoms with Crippen molar-refractivity contribution in [3.05, 3.63) is 58.9 Å². The third-order valence-corrected chi connectivity index (χ3v) is 3.48. The summed E-state index contributed by atoms with van der Waals surface area (Å²) in [7, 11) is 0. The molecule has 0 saturated carbocycles. The van der Waals surface area contributed by atoms with Crippen LogP contribution in [0.5, 0.6) is 0 Å². The molecule has 1 heterocycles. The van der Waals surface area contributed by atoms with Gasteiger partial charge in [0.1, 0.15) is 0 Å². The van der Waals surface area contributed by atoms with Gasteiger partial charge in [-0.05, 0) is 43.7 Å². The van der Waals surface area contributed by atoms with Crippen molar-refractivity contribution >= 4 is 11.6 Å². The predicted molar refractivity (Wildman–Crippen MR) is 76.8 cm³/mol. The zero-order valence-corrected chi connectivity index (χ0v) is 11.6. The Morgan fingerprint density at radius 1 is 1.22 bits per heavy atom. The van der Waals surface area contributed by atoms with E-state index in [1.54, 1.807) is 0 Å². The molecule has 0 aliphatic heterocycles. The highest BCUT2D eigenvalue weighted by Gasteiger charge is 2.06. The Morgan fingerprint density at radius 2 is 1.94 bits per heavy atom. The smallest absolute Gasteiger partial charge is 0.0406 e. The molecule has 96 valence electrons. The molecule has 0 fully saturated rings. The van der Waals surface area contributed by atoms with Gasteiger partial charge in [-0.25, -0.2) is 0 Å². The Morgan fingerprint density at radius 3 is 2.61 bits per heavy atom. The molecular weight excluding hydrogens is 244 g/mol. The van der Waals surface area contributed by atoms with E-state index in [4.69, 9.17) is 11.6 Å². The second-order valence-corrected chi connectivity index (χ2v) is 4.88. The molecule has 2 rings (SSSR count). The normalized spacial score (nSPS) is 12.6. The van der Waals surface area contributed by atoms with Gasteiger partial charge in [-0.15, -0.1) is 0 Å². The highest BCUT2D eigenvalue weighted by Crippen LogP contribution is 2.16. The maximum Gasteiger partial charge on any atom is 0.0406 e. The first-order chi connectivity index (χ1) is 8.70. The summed E-state index contributed by atoms with van der Waals surface area (Å²) in [5.41, 5.74) is 2.58. The maximum absolute atomic E-state index is 5.89. The van der Waals surface area contributed by atoms with Crippen LogP contribution in [0.2, 0.25) is 5.02 Å². The van der Waals surface area contributed by atoms with Crippen LogP contribution >= 0.6 is 11.6 Å². The van der Waals surface area contributed by atoms with Crippen molar-refractivity contribution in [3.63, 3.8) is 0 Å². The average molecular weight is 263 g/mol. The van der Waals surface area contributed by atoms with Crippen LogP contribution in [0.4, 0.5) is 0 Å². The van der Waals surface area contributed by atoms with E-state index < -0.39 is 0 Å². The third-order valence-electron chi connectivity index (χ3n) is 3.22. The molecule has 0 aliphatic carbocycles. The van der Waals surface area contributed by atoms with E-state index in [0.717, 1.165) is 18.1 Å². The van der Waals surface area contributed by atoms with E-state index in [-0.39, 0.29) is 0 Å². The van der Waals surface area contributed by atoms with Gasteiger partial charge >= 0.3 is 0 Å². The quantitative estimate of drug-likeness (QED) is 0.861. The molecule has 0 saturated heterocycles. The van der Waals surface area contributed by atoms with Gasteiger partial charge in [0.05, 0.1) is 0 Å². The van der Waals surface area contributed by atoms with E-state index in [1.165, 1.54) is 11.3 Å². The zero-order valence-electron chi connectivity index (χ0n) is 10.9. The first kappa shape index (κ1) is 13.2. The molecule has 1 N–H and O–H groups in total. The van der Waals surface area contributed by atoms with Crippen molar-refractivity contribution in [1.29, 1.82) is 0 Å². The van der Waals surface area contributed by atoms with E-state index in [2.05, 4.69) is 54.2 Å². The summed E-state index contributed by atoms with van der Waals surface area (Å²) in [6, 6.07) is 12.6. The second-order valence-electron chi connectivity index (χ2n) is 4.44. The van der Waals surface area contributed by atoms with Crippen LogP contribution in [0.15, 0.2) is 42.6 Å². The van der Waals surface area contributed by atoms with Crippen molar-refractivity contribution in [2.45, 2.75) is 33.0 Å². The summed E-state index contributed by atoms with van der Waals surface area (Å²) in [6.45, 7) is 6.22. The SMILES string of the molecule is CCn1cccc1CN[C@H](C)c1ccc(Cl)cc1. The zero-order chi connectivity index (χ0) is 13.0. The number of benzene rings is 1. The molecule has 18 heavy (non-hydrogen) atoms. The maximum atomic E-state index is 5.89. The molecule has 0 bridgehead atoms. The molecule has 0 radical (unpaired) electrons. The number of nitrogens with one attached hydrogen (secondary N) is 1. The summed E-state index contributed by atoms with van der Waals surface area (Å²) >= 11 is 5.89. The van der Waals surface area contributed by atoms with E-state index in [0.29, 0.717) is 6.04 Å². The fourth-order valence-electron chi connectivity index (χ4n) is 2.05.